The van der Waals surface area contributed by atoms with Crippen molar-refractivity contribution in [1.82, 2.24) is 10.3 Å². The fourth-order valence-electron chi connectivity index (χ4n) is 3.04. The molecule has 0 amide bonds. The van der Waals surface area contributed by atoms with Gasteiger partial charge in [-0.05, 0) is 50.8 Å². The SMILES string of the molecule is CNC(CCc1ccccn1)CCC1CCCC1. The molecule has 0 aromatic carbocycles. The number of aryl methyl sites for hydroxylation is 1. The minimum Gasteiger partial charge on any atom is -0.317 e. The normalized spacial score (nSPS) is 18.1. The van der Waals surface area contributed by atoms with E-state index in [1.165, 1.54) is 50.6 Å². The van der Waals surface area contributed by atoms with Crippen molar-refractivity contribution in [3.8, 4) is 0 Å². The van der Waals surface area contributed by atoms with E-state index in [2.05, 4.69) is 29.5 Å². The van der Waals surface area contributed by atoms with Gasteiger partial charge in [-0.1, -0.05) is 31.7 Å². The number of hydrogen-bond donors (Lipinski definition) is 1. The summed E-state index contributed by atoms with van der Waals surface area (Å²) in [5.41, 5.74) is 1.22. The van der Waals surface area contributed by atoms with E-state index >= 15 is 0 Å². The van der Waals surface area contributed by atoms with E-state index < -0.39 is 0 Å². The summed E-state index contributed by atoms with van der Waals surface area (Å²) in [6.07, 6.45) is 12.8. The van der Waals surface area contributed by atoms with Gasteiger partial charge in [0.1, 0.15) is 0 Å². The maximum Gasteiger partial charge on any atom is 0.0404 e. The first-order valence-corrected chi connectivity index (χ1v) is 7.45. The fourth-order valence-corrected chi connectivity index (χ4v) is 3.04. The van der Waals surface area contributed by atoms with Crippen LogP contribution in [0.1, 0.15) is 50.6 Å². The Bertz CT molecular complexity index is 317. The van der Waals surface area contributed by atoms with Crippen LogP contribution >= 0.6 is 0 Å². The standard InChI is InChI=1S/C16H26N2/c1-17-15(10-9-14-6-2-3-7-14)11-12-16-8-4-5-13-18-16/h4-5,8,13-15,17H,2-3,6-7,9-12H2,1H3. The van der Waals surface area contributed by atoms with Crippen LogP contribution in [0.2, 0.25) is 0 Å². The second-order valence-electron chi connectivity index (χ2n) is 5.57. The van der Waals surface area contributed by atoms with Gasteiger partial charge in [0.05, 0.1) is 0 Å². The smallest absolute Gasteiger partial charge is 0.0404 e. The minimum atomic E-state index is 0.660. The Morgan fingerprint density at radius 3 is 2.78 bits per heavy atom. The monoisotopic (exact) mass is 246 g/mol. The largest absolute Gasteiger partial charge is 0.317 e. The van der Waals surface area contributed by atoms with Crippen molar-refractivity contribution < 1.29 is 0 Å². The molecule has 18 heavy (non-hydrogen) atoms. The zero-order valence-electron chi connectivity index (χ0n) is 11.6. The van der Waals surface area contributed by atoms with Gasteiger partial charge in [0.15, 0.2) is 0 Å². The first kappa shape index (κ1) is 13.5. The molecule has 100 valence electrons. The topological polar surface area (TPSA) is 24.9 Å². The van der Waals surface area contributed by atoms with E-state index in [9.17, 15) is 0 Å². The van der Waals surface area contributed by atoms with E-state index in [0.29, 0.717) is 6.04 Å². The molecule has 0 saturated heterocycles. The number of pyridine rings is 1. The highest BCUT2D eigenvalue weighted by Crippen LogP contribution is 2.29. The highest BCUT2D eigenvalue weighted by Gasteiger charge is 2.16. The zero-order chi connectivity index (χ0) is 12.6. The lowest BCUT2D eigenvalue weighted by molar-refractivity contribution is 0.405. The van der Waals surface area contributed by atoms with Crippen LogP contribution in [-0.4, -0.2) is 18.1 Å². The summed E-state index contributed by atoms with van der Waals surface area (Å²) in [5, 5.41) is 3.47. The first-order chi connectivity index (χ1) is 8.88. The van der Waals surface area contributed by atoms with Gasteiger partial charge >= 0.3 is 0 Å². The molecule has 0 spiro atoms. The lowest BCUT2D eigenvalue weighted by Gasteiger charge is -2.18. The fraction of sp³-hybridized carbons (Fsp3) is 0.688. The maximum absolute atomic E-state index is 4.39. The second kappa shape index (κ2) is 7.52. The average molecular weight is 246 g/mol. The van der Waals surface area contributed by atoms with Crippen LogP contribution in [0.15, 0.2) is 24.4 Å². The summed E-state index contributed by atoms with van der Waals surface area (Å²) in [5.74, 6) is 1.01. The molecule has 1 aliphatic rings. The van der Waals surface area contributed by atoms with Crippen LogP contribution in [0.3, 0.4) is 0 Å². The molecule has 1 N–H and O–H groups in total. The van der Waals surface area contributed by atoms with Gasteiger partial charge in [0.25, 0.3) is 0 Å². The van der Waals surface area contributed by atoms with Gasteiger partial charge in [0, 0.05) is 17.9 Å². The van der Waals surface area contributed by atoms with E-state index in [4.69, 9.17) is 0 Å². The summed E-state index contributed by atoms with van der Waals surface area (Å²) in [7, 11) is 2.09. The van der Waals surface area contributed by atoms with Crippen LogP contribution in [0, 0.1) is 5.92 Å². The van der Waals surface area contributed by atoms with Gasteiger partial charge in [-0.3, -0.25) is 4.98 Å². The Hall–Kier alpha value is -0.890. The molecule has 2 nitrogen and oxygen atoms in total. The number of nitrogens with one attached hydrogen (secondary N) is 1. The number of rotatable bonds is 7. The Morgan fingerprint density at radius 1 is 1.28 bits per heavy atom. The van der Waals surface area contributed by atoms with Crippen molar-refractivity contribution in [2.45, 2.75) is 57.4 Å². The molecule has 2 rings (SSSR count). The van der Waals surface area contributed by atoms with Crippen molar-refractivity contribution in [3.63, 3.8) is 0 Å². The van der Waals surface area contributed by atoms with Gasteiger partial charge in [0.2, 0.25) is 0 Å². The zero-order valence-corrected chi connectivity index (χ0v) is 11.6. The Morgan fingerprint density at radius 2 is 2.11 bits per heavy atom. The molecule has 0 aliphatic heterocycles. The highest BCUT2D eigenvalue weighted by molar-refractivity contribution is 5.03. The third kappa shape index (κ3) is 4.41. The molecule has 1 saturated carbocycles. The molecular weight excluding hydrogens is 220 g/mol. The van der Waals surface area contributed by atoms with Crippen molar-refractivity contribution in [2.24, 2.45) is 5.92 Å². The van der Waals surface area contributed by atoms with Gasteiger partial charge in [-0.15, -0.1) is 0 Å². The molecule has 1 aromatic heterocycles. The van der Waals surface area contributed by atoms with Gasteiger partial charge < -0.3 is 5.32 Å². The van der Waals surface area contributed by atoms with Crippen molar-refractivity contribution in [2.75, 3.05) is 7.05 Å². The third-order valence-electron chi connectivity index (χ3n) is 4.28. The number of aromatic nitrogens is 1. The molecular formula is C16H26N2. The molecule has 1 aliphatic carbocycles. The van der Waals surface area contributed by atoms with Crippen LogP contribution in [0.5, 0.6) is 0 Å². The van der Waals surface area contributed by atoms with Crippen LogP contribution in [0.25, 0.3) is 0 Å². The van der Waals surface area contributed by atoms with Crippen molar-refractivity contribution in [1.29, 1.82) is 0 Å². The lowest BCUT2D eigenvalue weighted by atomic mass is 9.96. The highest BCUT2D eigenvalue weighted by atomic mass is 14.9. The first-order valence-electron chi connectivity index (χ1n) is 7.45. The van der Waals surface area contributed by atoms with Gasteiger partial charge in [-0.2, -0.15) is 0 Å². The average Bonchev–Trinajstić information content (AvgIpc) is 2.93. The quantitative estimate of drug-likeness (QED) is 0.795. The Balaban J connectivity index is 1.68. The number of hydrogen-bond acceptors (Lipinski definition) is 2. The Kier molecular flexibility index (Phi) is 5.66. The van der Waals surface area contributed by atoms with Crippen LogP contribution in [-0.2, 0) is 6.42 Å². The molecule has 1 unspecified atom stereocenters. The van der Waals surface area contributed by atoms with E-state index in [0.717, 1.165) is 12.3 Å². The van der Waals surface area contributed by atoms with Crippen LogP contribution < -0.4 is 5.32 Å². The molecule has 1 atom stereocenters. The maximum atomic E-state index is 4.39. The summed E-state index contributed by atoms with van der Waals surface area (Å²) in [4.78, 5) is 4.39. The summed E-state index contributed by atoms with van der Waals surface area (Å²) in [6, 6.07) is 6.85. The Labute approximate surface area is 111 Å². The molecule has 2 heteroatoms. The van der Waals surface area contributed by atoms with E-state index in [1.54, 1.807) is 0 Å². The predicted molar refractivity (Wildman–Crippen MR) is 76.6 cm³/mol. The molecule has 1 fully saturated rings. The van der Waals surface area contributed by atoms with Crippen molar-refractivity contribution >= 4 is 0 Å². The third-order valence-corrected chi connectivity index (χ3v) is 4.28. The van der Waals surface area contributed by atoms with Gasteiger partial charge in [-0.25, -0.2) is 0 Å². The van der Waals surface area contributed by atoms with E-state index in [-0.39, 0.29) is 0 Å². The molecule has 0 bridgehead atoms. The summed E-state index contributed by atoms with van der Waals surface area (Å²) >= 11 is 0. The summed E-state index contributed by atoms with van der Waals surface area (Å²) < 4.78 is 0. The molecule has 1 heterocycles. The number of nitrogens with zero attached hydrogens (tertiary/aromatic N) is 1. The summed E-state index contributed by atoms with van der Waals surface area (Å²) in [6.45, 7) is 0. The predicted octanol–water partition coefficient (Wildman–Crippen LogP) is 3.57. The molecule has 1 aromatic rings. The van der Waals surface area contributed by atoms with E-state index in [1.807, 2.05) is 12.3 Å². The van der Waals surface area contributed by atoms with Crippen molar-refractivity contribution in [3.05, 3.63) is 30.1 Å². The minimum absolute atomic E-state index is 0.660. The van der Waals surface area contributed by atoms with Crippen LogP contribution in [0.4, 0.5) is 0 Å². The lowest BCUT2D eigenvalue weighted by Crippen LogP contribution is -2.26. The molecule has 0 radical (unpaired) electrons. The second-order valence-corrected chi connectivity index (χ2v) is 5.57.